The summed E-state index contributed by atoms with van der Waals surface area (Å²) in [6.45, 7) is 2.03. The molecule has 0 bridgehead atoms. The van der Waals surface area contributed by atoms with Crippen molar-refractivity contribution in [3.8, 4) is 5.69 Å². The van der Waals surface area contributed by atoms with Crippen LogP contribution in [-0.4, -0.2) is 20.7 Å². The molecule has 2 aromatic carbocycles. The molecule has 42 heavy (non-hydrogen) atoms. The Labute approximate surface area is 254 Å². The van der Waals surface area contributed by atoms with Gasteiger partial charge in [-0.2, -0.15) is 18.3 Å². The molecule has 4 N–H and O–H groups in total. The number of hydrogen-bond acceptors (Lipinski definition) is 5. The van der Waals surface area contributed by atoms with Gasteiger partial charge in [-0.15, -0.1) is 0 Å². The van der Waals surface area contributed by atoms with Crippen LogP contribution in [0.25, 0.3) is 5.69 Å². The molecule has 2 heterocycles. The minimum Gasteiger partial charge on any atom is -0.326 e. The number of alkyl halides is 3. The molecular weight excluding hydrogens is 663 g/mol. The van der Waals surface area contributed by atoms with Crippen molar-refractivity contribution in [2.75, 3.05) is 5.32 Å². The summed E-state index contributed by atoms with van der Waals surface area (Å²) in [4.78, 5) is 17.8. The van der Waals surface area contributed by atoms with Crippen LogP contribution in [0, 0.1) is 18.7 Å². The van der Waals surface area contributed by atoms with Crippen molar-refractivity contribution in [1.82, 2.24) is 18.3 Å². The molecule has 1 aliphatic carbocycles. The van der Waals surface area contributed by atoms with Crippen molar-refractivity contribution in [3.05, 3.63) is 106 Å². The van der Waals surface area contributed by atoms with E-state index in [0.717, 1.165) is 22.4 Å². The third-order valence-electron chi connectivity index (χ3n) is 7.51. The van der Waals surface area contributed by atoms with Crippen molar-refractivity contribution in [1.29, 1.82) is 0 Å². The lowest BCUT2D eigenvalue weighted by molar-refractivity contribution is -0.141. The molecule has 1 fully saturated rings. The Hall–Kier alpha value is -3.36. The highest BCUT2D eigenvalue weighted by Gasteiger charge is 2.38. The Morgan fingerprint density at radius 3 is 2.52 bits per heavy atom. The normalized spacial score (nSPS) is 14.9. The molecule has 1 amide bonds. The highest BCUT2D eigenvalue weighted by molar-refractivity contribution is 14.1. The fraction of sp³-hybridized carbons (Fsp3) is 0.300. The largest absolute Gasteiger partial charge is 0.435 e. The summed E-state index contributed by atoms with van der Waals surface area (Å²) in [7, 11) is 0. The summed E-state index contributed by atoms with van der Waals surface area (Å²) in [5.74, 6) is -1.05. The predicted molar refractivity (Wildman–Crippen MR) is 160 cm³/mol. The number of aryl methyl sites for hydroxylation is 1. The Morgan fingerprint density at radius 2 is 1.86 bits per heavy atom. The van der Waals surface area contributed by atoms with E-state index >= 15 is 4.39 Å². The summed E-state index contributed by atoms with van der Waals surface area (Å²) in [6.07, 6.45) is 0.904. The van der Waals surface area contributed by atoms with Crippen molar-refractivity contribution < 1.29 is 22.4 Å². The Bertz CT molecular complexity index is 1600. The molecule has 1 saturated carbocycles. The summed E-state index contributed by atoms with van der Waals surface area (Å²) in [5, 5.41) is 6.15. The molecule has 220 valence electrons. The zero-order chi connectivity index (χ0) is 30.1. The molecular formula is C30H29F4IN6O. The third kappa shape index (κ3) is 6.35. The van der Waals surface area contributed by atoms with Crippen LogP contribution in [0.5, 0.6) is 0 Å². The number of pyridine rings is 1. The molecule has 4 aromatic rings. The number of carbonyl (C=O) groups is 1. The Kier molecular flexibility index (Phi) is 8.67. The molecule has 1 atom stereocenters. The number of amides is 1. The number of aromatic nitrogens is 3. The predicted octanol–water partition coefficient (Wildman–Crippen LogP) is 6.82. The van der Waals surface area contributed by atoms with Crippen molar-refractivity contribution in [2.24, 2.45) is 11.7 Å². The number of benzene rings is 2. The first-order valence-electron chi connectivity index (χ1n) is 13.4. The van der Waals surface area contributed by atoms with Gasteiger partial charge in [-0.1, -0.05) is 31.0 Å². The number of hydrogen-bond donors (Lipinski definition) is 3. The monoisotopic (exact) mass is 692 g/mol. The molecule has 5 rings (SSSR count). The number of rotatable bonds is 10. The molecule has 12 heteroatoms. The quantitative estimate of drug-likeness (QED) is 0.0964. The smallest absolute Gasteiger partial charge is 0.326 e. The van der Waals surface area contributed by atoms with Gasteiger partial charge in [-0.3, -0.25) is 9.78 Å². The average Bonchev–Trinajstić information content (AvgIpc) is 3.68. The first kappa shape index (κ1) is 30.1. The Balaban J connectivity index is 1.54. The van der Waals surface area contributed by atoms with Crippen LogP contribution in [0.3, 0.4) is 0 Å². The van der Waals surface area contributed by atoms with E-state index < -0.39 is 34.8 Å². The zero-order valence-electron chi connectivity index (χ0n) is 22.7. The molecule has 7 nitrogen and oxygen atoms in total. The van der Waals surface area contributed by atoms with Gasteiger partial charge in [0.1, 0.15) is 11.5 Å². The van der Waals surface area contributed by atoms with Gasteiger partial charge in [0.05, 0.1) is 16.9 Å². The maximum Gasteiger partial charge on any atom is 0.435 e. The number of nitrogens with zero attached hydrogens (tertiary/aromatic N) is 3. The van der Waals surface area contributed by atoms with E-state index in [1.165, 1.54) is 31.0 Å². The molecule has 0 radical (unpaired) electrons. The van der Waals surface area contributed by atoms with Crippen LogP contribution < -0.4 is 14.6 Å². The fourth-order valence-electron chi connectivity index (χ4n) is 5.02. The van der Waals surface area contributed by atoms with E-state index in [9.17, 15) is 18.0 Å². The lowest BCUT2D eigenvalue weighted by atomic mass is 9.79. The topological polar surface area (TPSA) is 97.9 Å². The minimum atomic E-state index is -4.80. The lowest BCUT2D eigenvalue weighted by Crippen LogP contribution is -2.38. The van der Waals surface area contributed by atoms with E-state index in [0.29, 0.717) is 29.5 Å². The molecule has 0 aliphatic heterocycles. The van der Waals surface area contributed by atoms with E-state index in [1.54, 1.807) is 30.5 Å². The number of carbonyl (C=O) groups excluding carboxylic acids is 1. The summed E-state index contributed by atoms with van der Waals surface area (Å²) in [6, 6.07) is 15.3. The van der Waals surface area contributed by atoms with E-state index in [4.69, 9.17) is 5.73 Å². The zero-order valence-corrected chi connectivity index (χ0v) is 24.8. The van der Waals surface area contributed by atoms with E-state index in [2.05, 4.69) is 41.8 Å². The first-order chi connectivity index (χ1) is 20.0. The second-order valence-corrected chi connectivity index (χ2v) is 11.1. The van der Waals surface area contributed by atoms with Crippen LogP contribution in [0.1, 0.15) is 64.2 Å². The maximum atomic E-state index is 15.2. The van der Waals surface area contributed by atoms with Gasteiger partial charge in [0.25, 0.3) is 5.91 Å². The van der Waals surface area contributed by atoms with Gasteiger partial charge in [0.2, 0.25) is 0 Å². The number of nitrogens with one attached hydrogen (secondary N) is 2. The van der Waals surface area contributed by atoms with Crippen molar-refractivity contribution in [3.63, 3.8) is 0 Å². The third-order valence-corrected chi connectivity index (χ3v) is 8.43. The van der Waals surface area contributed by atoms with Crippen LogP contribution >= 0.6 is 22.9 Å². The molecule has 1 unspecified atom stereocenters. The molecule has 0 spiro atoms. The number of halogens is 5. The maximum absolute atomic E-state index is 15.2. The van der Waals surface area contributed by atoms with Gasteiger partial charge in [0.15, 0.2) is 5.69 Å². The van der Waals surface area contributed by atoms with Crippen molar-refractivity contribution >= 4 is 34.5 Å². The minimum absolute atomic E-state index is 0.144. The van der Waals surface area contributed by atoms with Gasteiger partial charge >= 0.3 is 6.18 Å². The van der Waals surface area contributed by atoms with E-state index in [1.807, 2.05) is 19.1 Å². The highest BCUT2D eigenvalue weighted by atomic mass is 127. The highest BCUT2D eigenvalue weighted by Crippen LogP contribution is 2.42. The molecule has 0 saturated heterocycles. The van der Waals surface area contributed by atoms with Crippen LogP contribution in [0.2, 0.25) is 0 Å². The van der Waals surface area contributed by atoms with Crippen LogP contribution in [0.15, 0.2) is 66.9 Å². The summed E-state index contributed by atoms with van der Waals surface area (Å²) in [5.41, 5.74) is 6.46. The number of nitrogens with two attached hydrogens (primary N) is 1. The van der Waals surface area contributed by atoms with Gasteiger partial charge < -0.3 is 11.1 Å². The van der Waals surface area contributed by atoms with Gasteiger partial charge in [-0.05, 0) is 78.8 Å². The molecule has 1 aliphatic rings. The first-order valence-corrected chi connectivity index (χ1v) is 14.5. The number of anilines is 1. The van der Waals surface area contributed by atoms with Gasteiger partial charge in [-0.25, -0.2) is 12.6 Å². The Morgan fingerprint density at radius 1 is 1.10 bits per heavy atom. The summed E-state index contributed by atoms with van der Waals surface area (Å²) < 4.78 is 60.4. The van der Waals surface area contributed by atoms with Gasteiger partial charge in [0, 0.05) is 47.4 Å². The van der Waals surface area contributed by atoms with E-state index in [-0.39, 0.29) is 17.9 Å². The second-order valence-electron chi connectivity index (χ2n) is 10.5. The second kappa shape index (κ2) is 12.1. The standard InChI is InChI=1S/C30H29F4IN6O/c1-18-13-22(10-12-37-18)29(40-35,11-9-19-5-6-19)21-7-8-24(31)25(15-21)38-28(42)26-16-27(30(32,33)34)39-41(26)23-4-2-3-20(14-23)17-36/h2-4,7-8,10,12-16,19,40H,5-6,9,11,17,36H2,1H3,(H,38,42). The molecule has 2 aromatic heterocycles. The SMILES string of the molecule is Cc1cc(C(CCC2CC2)(NI)c2ccc(F)c(NC(=O)c3cc(C(F)(F)F)nn3-c3cccc(CN)c3)c2)ccn1. The lowest BCUT2D eigenvalue weighted by Gasteiger charge is -2.34. The van der Waals surface area contributed by atoms with Crippen LogP contribution in [-0.2, 0) is 18.3 Å². The average molecular weight is 692 g/mol. The fourth-order valence-corrected chi connectivity index (χ4v) is 5.91. The summed E-state index contributed by atoms with van der Waals surface area (Å²) >= 11 is 2.09. The van der Waals surface area contributed by atoms with Crippen molar-refractivity contribution in [2.45, 2.75) is 50.9 Å². The van der Waals surface area contributed by atoms with Crippen LogP contribution in [0.4, 0.5) is 23.2 Å².